The summed E-state index contributed by atoms with van der Waals surface area (Å²) in [6, 6.07) is 37.8. The Bertz CT molecular complexity index is 2550. The van der Waals surface area contributed by atoms with Crippen LogP contribution in [0.3, 0.4) is 0 Å². The van der Waals surface area contributed by atoms with Gasteiger partial charge in [-0.15, -0.1) is 0 Å². The summed E-state index contributed by atoms with van der Waals surface area (Å²) in [5.41, 5.74) is 7.02. The number of thioether (sulfide) groups is 1. The SMILES string of the molecule is CCC(=Cc1oc2ccc(-c3ccccc3)cc2c1CCS(=O)(=O)[O-])C=C1Sc2ccc(-c3ccccc3)cc2N1CCCS(=O)(=O)[O-].CC[n+]1ccccc1. The van der Waals surface area contributed by atoms with Gasteiger partial charge in [-0.25, -0.2) is 21.4 Å². The third-order valence-corrected chi connectivity index (χ3v) is 11.9. The highest BCUT2D eigenvalue weighted by molar-refractivity contribution is 8.03. The molecule has 7 rings (SSSR count). The molecule has 0 spiro atoms. The Morgan fingerprint density at radius 2 is 1.36 bits per heavy atom. The summed E-state index contributed by atoms with van der Waals surface area (Å²) in [6.45, 7) is 5.50. The highest BCUT2D eigenvalue weighted by Crippen LogP contribution is 2.48. The van der Waals surface area contributed by atoms with E-state index < -0.39 is 31.7 Å². The van der Waals surface area contributed by atoms with Crippen LogP contribution >= 0.6 is 11.8 Å². The van der Waals surface area contributed by atoms with Gasteiger partial charge < -0.3 is 18.4 Å². The Morgan fingerprint density at radius 1 is 0.750 bits per heavy atom. The second-order valence-electron chi connectivity index (χ2n) is 13.2. The van der Waals surface area contributed by atoms with E-state index in [0.29, 0.717) is 29.9 Å². The Kier molecular flexibility index (Phi) is 13.3. The molecular weight excluding hydrogens is 765 g/mol. The average molecular weight is 808 g/mol. The number of anilines is 1. The van der Waals surface area contributed by atoms with E-state index in [1.165, 1.54) is 0 Å². The first-order valence-electron chi connectivity index (χ1n) is 18.4. The Morgan fingerprint density at radius 3 is 1.95 bits per heavy atom. The molecule has 1 aliphatic rings. The number of pyridine rings is 1. The van der Waals surface area contributed by atoms with Crippen molar-refractivity contribution >= 4 is 54.7 Å². The number of nitrogens with zero attached hydrogens (tertiary/aromatic N) is 2. The number of furan rings is 1. The molecule has 0 saturated carbocycles. The van der Waals surface area contributed by atoms with E-state index in [4.69, 9.17) is 4.42 Å². The van der Waals surface area contributed by atoms with Crippen LogP contribution in [0.15, 0.2) is 154 Å². The van der Waals surface area contributed by atoms with Crippen LogP contribution in [0.2, 0.25) is 0 Å². The minimum Gasteiger partial charge on any atom is -0.748 e. The van der Waals surface area contributed by atoms with Crippen molar-refractivity contribution in [3.05, 3.63) is 156 Å². The first kappa shape index (κ1) is 40.7. The lowest BCUT2D eigenvalue weighted by Crippen LogP contribution is -2.30. The highest BCUT2D eigenvalue weighted by Gasteiger charge is 2.26. The van der Waals surface area contributed by atoms with Gasteiger partial charge in [0.25, 0.3) is 0 Å². The van der Waals surface area contributed by atoms with Crippen LogP contribution in [0.1, 0.15) is 38.0 Å². The van der Waals surface area contributed by atoms with Gasteiger partial charge >= 0.3 is 0 Å². The van der Waals surface area contributed by atoms with Crippen molar-refractivity contribution in [3.8, 4) is 22.3 Å². The molecule has 0 saturated heterocycles. The summed E-state index contributed by atoms with van der Waals surface area (Å²) in [7, 11) is -8.86. The number of benzene rings is 4. The van der Waals surface area contributed by atoms with Gasteiger partial charge in [0.2, 0.25) is 0 Å². The number of hydrogen-bond donors (Lipinski definition) is 0. The lowest BCUT2D eigenvalue weighted by Gasteiger charge is -2.22. The minimum absolute atomic E-state index is 0.00523. The molecule has 0 fully saturated rings. The van der Waals surface area contributed by atoms with Crippen LogP contribution in [0.5, 0.6) is 0 Å². The van der Waals surface area contributed by atoms with Crippen LogP contribution in [0.4, 0.5) is 5.69 Å². The van der Waals surface area contributed by atoms with Crippen LogP contribution < -0.4 is 9.47 Å². The van der Waals surface area contributed by atoms with E-state index in [1.54, 1.807) is 11.8 Å². The van der Waals surface area contributed by atoms with Crippen LogP contribution in [-0.2, 0) is 33.2 Å². The van der Waals surface area contributed by atoms with Crippen LogP contribution in [-0.4, -0.2) is 44.0 Å². The van der Waals surface area contributed by atoms with Gasteiger partial charge in [-0.05, 0) is 90.4 Å². The van der Waals surface area contributed by atoms with Crippen molar-refractivity contribution in [2.75, 3.05) is 23.0 Å². The molecular formula is C44H43N2O7S3-. The van der Waals surface area contributed by atoms with E-state index in [-0.39, 0.29) is 12.8 Å². The van der Waals surface area contributed by atoms with Crippen molar-refractivity contribution in [2.24, 2.45) is 0 Å². The molecule has 56 heavy (non-hydrogen) atoms. The van der Waals surface area contributed by atoms with Crippen LogP contribution in [0.25, 0.3) is 39.3 Å². The largest absolute Gasteiger partial charge is 0.748 e. The first-order chi connectivity index (χ1) is 26.9. The second-order valence-corrected chi connectivity index (χ2v) is 17.3. The molecule has 0 aliphatic carbocycles. The fourth-order valence-electron chi connectivity index (χ4n) is 6.45. The molecule has 2 aromatic heterocycles. The number of aromatic nitrogens is 1. The lowest BCUT2D eigenvalue weighted by atomic mass is 10.0. The third-order valence-electron chi connectivity index (χ3n) is 9.32. The lowest BCUT2D eigenvalue weighted by molar-refractivity contribution is -0.693. The highest BCUT2D eigenvalue weighted by atomic mass is 32.2. The fourth-order valence-corrected chi connectivity index (χ4v) is 8.53. The van der Waals surface area contributed by atoms with E-state index >= 15 is 0 Å². The second kappa shape index (κ2) is 18.3. The maximum absolute atomic E-state index is 11.7. The normalized spacial score (nSPS) is 13.8. The van der Waals surface area contributed by atoms with Gasteiger partial charge in [0.05, 0.1) is 31.0 Å². The molecule has 0 unspecified atom stereocenters. The predicted molar refractivity (Wildman–Crippen MR) is 223 cm³/mol. The Labute approximate surface area is 333 Å². The number of aryl methyl sites for hydroxylation is 2. The Hall–Kier alpha value is -4.98. The predicted octanol–water partition coefficient (Wildman–Crippen LogP) is 9.03. The zero-order valence-electron chi connectivity index (χ0n) is 31.2. The molecule has 0 radical (unpaired) electrons. The number of hydrogen-bond acceptors (Lipinski definition) is 9. The van der Waals surface area contributed by atoms with Crippen LogP contribution in [0, 0.1) is 0 Å². The maximum atomic E-state index is 11.7. The summed E-state index contributed by atoms with van der Waals surface area (Å²) in [5, 5.41) is 1.60. The van der Waals surface area contributed by atoms with E-state index in [9.17, 15) is 25.9 Å². The molecule has 0 N–H and O–H groups in total. The fraction of sp³-hybridized carbons (Fsp3) is 0.205. The van der Waals surface area contributed by atoms with Crippen molar-refractivity contribution in [3.63, 3.8) is 0 Å². The monoisotopic (exact) mass is 807 g/mol. The number of rotatable bonds is 13. The van der Waals surface area contributed by atoms with Gasteiger partial charge in [0, 0.05) is 46.0 Å². The Balaban J connectivity index is 0.000000592. The smallest absolute Gasteiger partial charge is 0.168 e. The molecule has 9 nitrogen and oxygen atoms in total. The number of allylic oxidation sites excluding steroid dienone is 2. The summed E-state index contributed by atoms with van der Waals surface area (Å²) >= 11 is 1.55. The molecule has 3 heterocycles. The molecule has 4 aromatic carbocycles. The third kappa shape index (κ3) is 10.9. The summed E-state index contributed by atoms with van der Waals surface area (Å²) in [6.07, 6.45) is 8.75. The van der Waals surface area contributed by atoms with Gasteiger partial charge in [0.15, 0.2) is 12.4 Å². The molecule has 0 bridgehead atoms. The van der Waals surface area contributed by atoms with Crippen molar-refractivity contribution in [2.45, 2.75) is 44.6 Å². The van der Waals surface area contributed by atoms with E-state index in [0.717, 1.165) is 55.4 Å². The maximum Gasteiger partial charge on any atom is 0.168 e. The van der Waals surface area contributed by atoms with Gasteiger partial charge in [-0.2, -0.15) is 0 Å². The molecule has 6 aromatic rings. The standard InChI is InChI=1S/C37H35NO7S3.C7H10N/c1-2-26(22-35-31(18-21-48(42,43)44)32-24-29(14-16-34(32)45-35)27-10-5-3-6-11-27)23-37-38(19-9-20-47(39,40)41)33-25-30(15-17-36(33)46-37)28-12-7-4-8-13-28;1-2-8-6-4-3-5-7-8/h3-8,10-17,22-25H,2,9,18-21H2,1H3,(H,39,40,41)(H,42,43,44);3-7H,2H2,1H3/q;+1/p-2. The summed E-state index contributed by atoms with van der Waals surface area (Å²) in [5.74, 6) is -0.559. The zero-order valence-corrected chi connectivity index (χ0v) is 33.7. The molecule has 0 amide bonds. The van der Waals surface area contributed by atoms with Gasteiger partial charge in [0.1, 0.15) is 17.9 Å². The zero-order chi connectivity index (χ0) is 39.7. The topological polar surface area (TPSA) is 135 Å². The summed E-state index contributed by atoms with van der Waals surface area (Å²) < 4.78 is 77.9. The van der Waals surface area contributed by atoms with Gasteiger partial charge in [-0.1, -0.05) is 97.5 Å². The van der Waals surface area contributed by atoms with Crippen molar-refractivity contribution < 1.29 is 34.9 Å². The molecule has 12 heteroatoms. The average Bonchev–Trinajstić information content (AvgIpc) is 3.72. The van der Waals surface area contributed by atoms with Crippen molar-refractivity contribution in [1.29, 1.82) is 0 Å². The van der Waals surface area contributed by atoms with Crippen molar-refractivity contribution in [1.82, 2.24) is 0 Å². The minimum atomic E-state index is -4.48. The molecule has 290 valence electrons. The number of fused-ring (bicyclic) bond motifs is 2. The quantitative estimate of drug-likeness (QED) is 0.0828. The van der Waals surface area contributed by atoms with E-state index in [1.807, 2.05) is 127 Å². The summed E-state index contributed by atoms with van der Waals surface area (Å²) in [4.78, 5) is 3.04. The van der Waals surface area contributed by atoms with E-state index in [2.05, 4.69) is 36.0 Å². The van der Waals surface area contributed by atoms with Gasteiger partial charge in [-0.3, -0.25) is 0 Å². The molecule has 1 aliphatic heterocycles. The first-order valence-corrected chi connectivity index (χ1v) is 22.4. The molecule has 0 atom stereocenters.